The van der Waals surface area contributed by atoms with E-state index in [1.165, 1.54) is 0 Å². The molecular formula is C11H12N2O. The fraction of sp³-hybridized carbons (Fsp3) is 0.182. The van der Waals surface area contributed by atoms with E-state index in [9.17, 15) is 5.11 Å². The first-order chi connectivity index (χ1) is 6.83. The number of aromatic hydroxyl groups is 1. The quantitative estimate of drug-likeness (QED) is 0.749. The molecule has 0 aliphatic heterocycles. The Bertz CT molecular complexity index is 454. The molecule has 0 atom stereocenters. The van der Waals surface area contributed by atoms with Crippen LogP contribution in [0.15, 0.2) is 30.5 Å². The average Bonchev–Trinajstić information content (AvgIpc) is 2.20. The van der Waals surface area contributed by atoms with E-state index in [1.54, 1.807) is 12.3 Å². The summed E-state index contributed by atoms with van der Waals surface area (Å²) < 4.78 is 0. The lowest BCUT2D eigenvalue weighted by Crippen LogP contribution is -2.04. The number of aromatic nitrogens is 1. The molecule has 14 heavy (non-hydrogen) atoms. The summed E-state index contributed by atoms with van der Waals surface area (Å²) in [4.78, 5) is 4.25. The average molecular weight is 188 g/mol. The number of hydrogen-bond donors (Lipinski definition) is 2. The first-order valence-electron chi connectivity index (χ1n) is 4.58. The predicted molar refractivity (Wildman–Crippen MR) is 56.2 cm³/mol. The first kappa shape index (κ1) is 8.97. The SMILES string of the molecule is NCCc1nccc2c(O)cccc12. The summed E-state index contributed by atoms with van der Waals surface area (Å²) in [5, 5.41) is 11.4. The van der Waals surface area contributed by atoms with Crippen LogP contribution < -0.4 is 5.73 Å². The molecule has 0 saturated carbocycles. The monoisotopic (exact) mass is 188 g/mol. The van der Waals surface area contributed by atoms with Gasteiger partial charge in [0.05, 0.1) is 0 Å². The van der Waals surface area contributed by atoms with Gasteiger partial charge in [-0.15, -0.1) is 0 Å². The van der Waals surface area contributed by atoms with Crippen molar-refractivity contribution in [3.8, 4) is 5.75 Å². The Hall–Kier alpha value is -1.61. The molecule has 2 rings (SSSR count). The van der Waals surface area contributed by atoms with E-state index in [2.05, 4.69) is 4.98 Å². The van der Waals surface area contributed by atoms with Crippen LogP contribution in [0.5, 0.6) is 5.75 Å². The van der Waals surface area contributed by atoms with Crippen LogP contribution in [-0.4, -0.2) is 16.6 Å². The van der Waals surface area contributed by atoms with Gasteiger partial charge in [-0.3, -0.25) is 4.98 Å². The number of hydrogen-bond acceptors (Lipinski definition) is 3. The zero-order chi connectivity index (χ0) is 9.97. The molecule has 0 saturated heterocycles. The molecule has 1 heterocycles. The van der Waals surface area contributed by atoms with Gasteiger partial charge in [-0.1, -0.05) is 12.1 Å². The Balaban J connectivity index is 2.68. The van der Waals surface area contributed by atoms with Gasteiger partial charge in [0.1, 0.15) is 5.75 Å². The third-order valence-electron chi connectivity index (χ3n) is 2.25. The Morgan fingerprint density at radius 1 is 1.21 bits per heavy atom. The molecule has 0 unspecified atom stereocenters. The summed E-state index contributed by atoms with van der Waals surface area (Å²) in [7, 11) is 0. The lowest BCUT2D eigenvalue weighted by Gasteiger charge is -2.04. The predicted octanol–water partition coefficient (Wildman–Crippen LogP) is 1.44. The molecule has 0 spiro atoms. The third-order valence-corrected chi connectivity index (χ3v) is 2.25. The Morgan fingerprint density at radius 2 is 2.07 bits per heavy atom. The van der Waals surface area contributed by atoms with Crippen molar-refractivity contribution < 1.29 is 5.11 Å². The van der Waals surface area contributed by atoms with Crippen LogP contribution in [0.25, 0.3) is 10.8 Å². The standard InChI is InChI=1S/C11H12N2O/c12-6-4-10-8-2-1-3-11(14)9(8)5-7-13-10/h1-3,5,7,14H,4,6,12H2. The van der Waals surface area contributed by atoms with Crippen LogP contribution in [0, 0.1) is 0 Å². The summed E-state index contributed by atoms with van der Waals surface area (Å²) in [6, 6.07) is 7.26. The summed E-state index contributed by atoms with van der Waals surface area (Å²) in [5.74, 6) is 0.295. The second-order valence-corrected chi connectivity index (χ2v) is 3.17. The van der Waals surface area contributed by atoms with Gasteiger partial charge < -0.3 is 10.8 Å². The first-order valence-corrected chi connectivity index (χ1v) is 4.58. The second kappa shape index (κ2) is 3.64. The molecule has 0 aliphatic carbocycles. The maximum absolute atomic E-state index is 9.60. The van der Waals surface area contributed by atoms with Gasteiger partial charge in [-0.05, 0) is 18.7 Å². The van der Waals surface area contributed by atoms with Crippen molar-refractivity contribution in [1.82, 2.24) is 4.98 Å². The second-order valence-electron chi connectivity index (χ2n) is 3.17. The van der Waals surface area contributed by atoms with E-state index in [0.717, 1.165) is 22.9 Å². The van der Waals surface area contributed by atoms with E-state index < -0.39 is 0 Å². The van der Waals surface area contributed by atoms with Crippen LogP contribution in [0.4, 0.5) is 0 Å². The van der Waals surface area contributed by atoms with Gasteiger partial charge in [0, 0.05) is 29.1 Å². The van der Waals surface area contributed by atoms with Crippen molar-refractivity contribution in [3.63, 3.8) is 0 Å². The highest BCUT2D eigenvalue weighted by molar-refractivity contribution is 5.89. The van der Waals surface area contributed by atoms with Crippen molar-refractivity contribution >= 4 is 10.8 Å². The number of nitrogens with two attached hydrogens (primary N) is 1. The number of benzene rings is 1. The minimum absolute atomic E-state index is 0.295. The number of rotatable bonds is 2. The topological polar surface area (TPSA) is 59.1 Å². The molecule has 3 heteroatoms. The van der Waals surface area contributed by atoms with E-state index in [0.29, 0.717) is 12.3 Å². The largest absolute Gasteiger partial charge is 0.507 e. The maximum atomic E-state index is 9.60. The zero-order valence-corrected chi connectivity index (χ0v) is 7.77. The van der Waals surface area contributed by atoms with Crippen molar-refractivity contribution in [2.45, 2.75) is 6.42 Å². The highest BCUT2D eigenvalue weighted by Crippen LogP contribution is 2.25. The van der Waals surface area contributed by atoms with E-state index in [4.69, 9.17) is 5.73 Å². The molecule has 3 nitrogen and oxygen atoms in total. The Kier molecular flexibility index (Phi) is 2.33. The number of fused-ring (bicyclic) bond motifs is 1. The van der Waals surface area contributed by atoms with Crippen LogP contribution in [-0.2, 0) is 6.42 Å². The smallest absolute Gasteiger partial charge is 0.123 e. The minimum Gasteiger partial charge on any atom is -0.507 e. The van der Waals surface area contributed by atoms with Gasteiger partial charge in [-0.25, -0.2) is 0 Å². The molecule has 72 valence electrons. The molecule has 0 amide bonds. The van der Waals surface area contributed by atoms with Gasteiger partial charge in [0.25, 0.3) is 0 Å². The van der Waals surface area contributed by atoms with Crippen molar-refractivity contribution in [2.24, 2.45) is 5.73 Å². The van der Waals surface area contributed by atoms with Gasteiger partial charge in [0.2, 0.25) is 0 Å². The van der Waals surface area contributed by atoms with E-state index in [-0.39, 0.29) is 0 Å². The fourth-order valence-electron chi connectivity index (χ4n) is 1.59. The summed E-state index contributed by atoms with van der Waals surface area (Å²) in [6.07, 6.45) is 2.44. The maximum Gasteiger partial charge on any atom is 0.123 e. The highest BCUT2D eigenvalue weighted by atomic mass is 16.3. The highest BCUT2D eigenvalue weighted by Gasteiger charge is 2.03. The normalized spacial score (nSPS) is 10.6. The van der Waals surface area contributed by atoms with Crippen LogP contribution >= 0.6 is 0 Å². The molecule has 2 aromatic rings. The molecule has 0 aliphatic rings. The fourth-order valence-corrected chi connectivity index (χ4v) is 1.59. The van der Waals surface area contributed by atoms with Crippen molar-refractivity contribution in [2.75, 3.05) is 6.54 Å². The van der Waals surface area contributed by atoms with Gasteiger partial charge in [-0.2, -0.15) is 0 Å². The summed E-state index contributed by atoms with van der Waals surface area (Å²) >= 11 is 0. The Morgan fingerprint density at radius 3 is 2.86 bits per heavy atom. The lowest BCUT2D eigenvalue weighted by atomic mass is 10.1. The van der Waals surface area contributed by atoms with E-state index in [1.807, 2.05) is 18.2 Å². The minimum atomic E-state index is 0.295. The number of nitrogens with zero attached hydrogens (tertiary/aromatic N) is 1. The van der Waals surface area contributed by atoms with Gasteiger partial charge >= 0.3 is 0 Å². The van der Waals surface area contributed by atoms with Crippen molar-refractivity contribution in [3.05, 3.63) is 36.2 Å². The van der Waals surface area contributed by atoms with Crippen molar-refractivity contribution in [1.29, 1.82) is 0 Å². The summed E-state index contributed by atoms with van der Waals surface area (Å²) in [5.41, 5.74) is 6.43. The lowest BCUT2D eigenvalue weighted by molar-refractivity contribution is 0.481. The zero-order valence-electron chi connectivity index (χ0n) is 7.77. The van der Waals surface area contributed by atoms with Crippen LogP contribution in [0.1, 0.15) is 5.69 Å². The molecule has 0 bridgehead atoms. The van der Waals surface area contributed by atoms with E-state index >= 15 is 0 Å². The third kappa shape index (κ3) is 1.42. The Labute approximate surface area is 82.2 Å². The molecule has 1 aromatic heterocycles. The number of phenolic OH excluding ortho intramolecular Hbond substituents is 1. The molecule has 1 aromatic carbocycles. The summed E-state index contributed by atoms with van der Waals surface area (Å²) in [6.45, 7) is 0.571. The van der Waals surface area contributed by atoms with Gasteiger partial charge in [0.15, 0.2) is 0 Å². The molecule has 0 radical (unpaired) electrons. The number of pyridine rings is 1. The molecular weight excluding hydrogens is 176 g/mol. The number of phenols is 1. The van der Waals surface area contributed by atoms with Crippen LogP contribution in [0.3, 0.4) is 0 Å². The molecule has 0 fully saturated rings. The molecule has 3 N–H and O–H groups in total. The van der Waals surface area contributed by atoms with Crippen LogP contribution in [0.2, 0.25) is 0 Å².